The molecule has 0 aliphatic carbocycles. The van der Waals surface area contributed by atoms with Crippen LogP contribution in [0.15, 0.2) is 12.1 Å². The largest absolute Gasteiger partial charge is 0.378 e. The number of halogens is 1. The smallest absolute Gasteiger partial charge is 0.128 e. The van der Waals surface area contributed by atoms with Gasteiger partial charge in [0.15, 0.2) is 0 Å². The average Bonchev–Trinajstić information content (AvgIpc) is 2.41. The molecule has 1 saturated heterocycles. The van der Waals surface area contributed by atoms with E-state index in [9.17, 15) is 0 Å². The molecule has 0 spiro atoms. The molecule has 0 aromatic carbocycles. The second-order valence-corrected chi connectivity index (χ2v) is 4.85. The van der Waals surface area contributed by atoms with Crippen molar-refractivity contribution in [1.29, 1.82) is 0 Å². The summed E-state index contributed by atoms with van der Waals surface area (Å²) in [7, 11) is 0. The molecular formula is C13H20ClN3O. The lowest BCUT2D eigenvalue weighted by atomic mass is 10.1. The first-order chi connectivity index (χ1) is 8.74. The number of nitrogens with two attached hydrogens (primary N) is 1. The maximum Gasteiger partial charge on any atom is 0.128 e. The number of hydrogen-bond donors (Lipinski definition) is 1. The Kier molecular flexibility index (Phi) is 4.80. The van der Waals surface area contributed by atoms with Crippen LogP contribution in [0.1, 0.15) is 25.5 Å². The van der Waals surface area contributed by atoms with E-state index < -0.39 is 0 Å². The third kappa shape index (κ3) is 3.13. The molecule has 2 heterocycles. The summed E-state index contributed by atoms with van der Waals surface area (Å²) in [5, 5.41) is 0.644. The van der Waals surface area contributed by atoms with Gasteiger partial charge in [0.05, 0.1) is 16.8 Å². The number of hydrogen-bond acceptors (Lipinski definition) is 4. The van der Waals surface area contributed by atoms with Gasteiger partial charge >= 0.3 is 0 Å². The van der Waals surface area contributed by atoms with E-state index in [0.29, 0.717) is 17.7 Å². The Bertz CT molecular complexity index is 392. The molecule has 18 heavy (non-hydrogen) atoms. The molecule has 1 aliphatic heterocycles. The lowest BCUT2D eigenvalue weighted by Gasteiger charge is -2.32. The highest BCUT2D eigenvalue weighted by atomic mass is 35.5. The van der Waals surface area contributed by atoms with Crippen molar-refractivity contribution in [3.63, 3.8) is 0 Å². The average molecular weight is 270 g/mol. The van der Waals surface area contributed by atoms with Gasteiger partial charge in [-0.05, 0) is 31.9 Å². The van der Waals surface area contributed by atoms with Crippen molar-refractivity contribution >= 4 is 17.4 Å². The number of anilines is 1. The molecule has 0 unspecified atom stereocenters. The van der Waals surface area contributed by atoms with Crippen LogP contribution in [0.4, 0.5) is 5.82 Å². The van der Waals surface area contributed by atoms with E-state index in [1.165, 1.54) is 0 Å². The van der Waals surface area contributed by atoms with Gasteiger partial charge in [-0.1, -0.05) is 11.6 Å². The summed E-state index contributed by atoms with van der Waals surface area (Å²) >= 11 is 6.02. The number of rotatable bonds is 4. The van der Waals surface area contributed by atoms with E-state index in [1.807, 2.05) is 19.1 Å². The Hall–Kier alpha value is -0.840. The first-order valence-corrected chi connectivity index (χ1v) is 6.84. The molecule has 1 fully saturated rings. The quantitative estimate of drug-likeness (QED) is 0.910. The molecule has 0 saturated carbocycles. The SMILES string of the molecule is CCOC1CCN(c2ccc(Cl)c(CN)n2)CC1. The lowest BCUT2D eigenvalue weighted by molar-refractivity contribution is 0.0458. The van der Waals surface area contributed by atoms with E-state index in [-0.39, 0.29) is 0 Å². The topological polar surface area (TPSA) is 51.4 Å². The van der Waals surface area contributed by atoms with Crippen molar-refractivity contribution in [3.8, 4) is 0 Å². The normalized spacial score (nSPS) is 17.2. The van der Waals surface area contributed by atoms with Crippen LogP contribution in [0.25, 0.3) is 0 Å². The van der Waals surface area contributed by atoms with Gasteiger partial charge in [0, 0.05) is 26.2 Å². The summed E-state index contributed by atoms with van der Waals surface area (Å²) in [4.78, 5) is 6.78. The summed E-state index contributed by atoms with van der Waals surface area (Å²) in [5.41, 5.74) is 6.39. The summed E-state index contributed by atoms with van der Waals surface area (Å²) in [6.45, 7) is 5.16. The van der Waals surface area contributed by atoms with E-state index >= 15 is 0 Å². The third-order valence-electron chi connectivity index (χ3n) is 3.27. The number of pyridine rings is 1. The minimum atomic E-state index is 0.377. The first-order valence-electron chi connectivity index (χ1n) is 6.46. The number of piperidine rings is 1. The maximum atomic E-state index is 6.02. The molecule has 5 heteroatoms. The maximum absolute atomic E-state index is 6.02. The number of aromatic nitrogens is 1. The zero-order chi connectivity index (χ0) is 13.0. The van der Waals surface area contributed by atoms with Crippen LogP contribution in [0, 0.1) is 0 Å². The Morgan fingerprint density at radius 3 is 2.78 bits per heavy atom. The van der Waals surface area contributed by atoms with Crippen LogP contribution in [0.5, 0.6) is 0 Å². The molecule has 1 aromatic rings. The minimum absolute atomic E-state index is 0.377. The van der Waals surface area contributed by atoms with Crippen LogP contribution in [-0.2, 0) is 11.3 Å². The predicted octanol–water partition coefficient (Wildman–Crippen LogP) is 2.20. The van der Waals surface area contributed by atoms with Gasteiger partial charge in [-0.3, -0.25) is 0 Å². The molecule has 0 atom stereocenters. The minimum Gasteiger partial charge on any atom is -0.378 e. The van der Waals surface area contributed by atoms with Crippen LogP contribution < -0.4 is 10.6 Å². The fourth-order valence-corrected chi connectivity index (χ4v) is 2.46. The Morgan fingerprint density at radius 1 is 1.44 bits per heavy atom. The number of nitrogens with zero attached hydrogens (tertiary/aromatic N) is 2. The molecule has 1 aliphatic rings. The monoisotopic (exact) mass is 269 g/mol. The second kappa shape index (κ2) is 6.36. The van der Waals surface area contributed by atoms with E-state index in [4.69, 9.17) is 22.1 Å². The Balaban J connectivity index is 2.01. The highest BCUT2D eigenvalue weighted by molar-refractivity contribution is 6.31. The molecule has 2 N–H and O–H groups in total. The molecular weight excluding hydrogens is 250 g/mol. The van der Waals surface area contributed by atoms with E-state index in [2.05, 4.69) is 9.88 Å². The summed E-state index contributed by atoms with van der Waals surface area (Å²) in [6.07, 6.45) is 2.50. The van der Waals surface area contributed by atoms with Gasteiger partial charge in [0.1, 0.15) is 5.82 Å². The third-order valence-corrected chi connectivity index (χ3v) is 3.61. The number of ether oxygens (including phenoxy) is 1. The first kappa shape index (κ1) is 13.6. The predicted molar refractivity (Wildman–Crippen MR) is 74.0 cm³/mol. The van der Waals surface area contributed by atoms with Crippen LogP contribution in [0.2, 0.25) is 5.02 Å². The van der Waals surface area contributed by atoms with E-state index in [1.54, 1.807) is 0 Å². The molecule has 0 amide bonds. The van der Waals surface area contributed by atoms with Gasteiger partial charge in [0.2, 0.25) is 0 Å². The van der Waals surface area contributed by atoms with Crippen molar-refractivity contribution in [2.24, 2.45) is 5.73 Å². The van der Waals surface area contributed by atoms with E-state index in [0.717, 1.165) is 44.0 Å². The van der Waals surface area contributed by atoms with Gasteiger partial charge in [-0.25, -0.2) is 4.98 Å². The molecule has 2 rings (SSSR count). The Labute approximate surface area is 113 Å². The molecule has 4 nitrogen and oxygen atoms in total. The van der Waals surface area contributed by atoms with Crippen LogP contribution >= 0.6 is 11.6 Å². The highest BCUT2D eigenvalue weighted by Crippen LogP contribution is 2.23. The summed E-state index contributed by atoms with van der Waals surface area (Å²) in [5.74, 6) is 0.967. The van der Waals surface area contributed by atoms with Crippen LogP contribution in [-0.4, -0.2) is 30.8 Å². The molecule has 0 radical (unpaired) electrons. The Morgan fingerprint density at radius 2 is 2.17 bits per heavy atom. The van der Waals surface area contributed by atoms with Crippen LogP contribution in [0.3, 0.4) is 0 Å². The van der Waals surface area contributed by atoms with Crippen molar-refractivity contribution in [2.75, 3.05) is 24.6 Å². The molecule has 0 bridgehead atoms. The molecule has 100 valence electrons. The van der Waals surface area contributed by atoms with Gasteiger partial charge < -0.3 is 15.4 Å². The van der Waals surface area contributed by atoms with Crippen molar-refractivity contribution in [2.45, 2.75) is 32.4 Å². The zero-order valence-corrected chi connectivity index (χ0v) is 11.5. The lowest BCUT2D eigenvalue weighted by Crippen LogP contribution is -2.37. The zero-order valence-electron chi connectivity index (χ0n) is 10.7. The van der Waals surface area contributed by atoms with Crippen molar-refractivity contribution in [3.05, 3.63) is 22.8 Å². The van der Waals surface area contributed by atoms with Crippen molar-refractivity contribution in [1.82, 2.24) is 4.98 Å². The summed E-state index contributed by atoms with van der Waals surface area (Å²) in [6, 6.07) is 3.84. The second-order valence-electron chi connectivity index (χ2n) is 4.44. The standard InChI is InChI=1S/C13H20ClN3O/c1-2-18-10-5-7-17(8-6-10)13-4-3-11(14)12(9-15)16-13/h3-4,10H,2,5-9,15H2,1H3. The fourth-order valence-electron chi connectivity index (χ4n) is 2.28. The fraction of sp³-hybridized carbons (Fsp3) is 0.615. The van der Waals surface area contributed by atoms with Gasteiger partial charge in [0.25, 0.3) is 0 Å². The van der Waals surface area contributed by atoms with Crippen molar-refractivity contribution < 1.29 is 4.74 Å². The van der Waals surface area contributed by atoms with Gasteiger partial charge in [-0.2, -0.15) is 0 Å². The van der Waals surface area contributed by atoms with Gasteiger partial charge in [-0.15, -0.1) is 0 Å². The molecule has 1 aromatic heterocycles. The summed E-state index contributed by atoms with van der Waals surface area (Å²) < 4.78 is 5.64. The highest BCUT2D eigenvalue weighted by Gasteiger charge is 2.20.